The van der Waals surface area contributed by atoms with Crippen LogP contribution in [0.3, 0.4) is 0 Å². The van der Waals surface area contributed by atoms with Crippen molar-refractivity contribution >= 4 is 0 Å². The molecule has 0 aliphatic heterocycles. The highest BCUT2D eigenvalue weighted by Crippen LogP contribution is 2.04. The highest BCUT2D eigenvalue weighted by atomic mass is 35.5. The van der Waals surface area contributed by atoms with Crippen LogP contribution in [0.2, 0.25) is 0 Å². The SMILES string of the molecule is CC[N+](CC)(CC)CC.CC[N+](CC)(CC)CC.CC[N+](CC)(CC)CC.[Cl-].[Cl-].[Cl-].c1ccccc1. The number of quaternary nitrogens is 3. The van der Waals surface area contributed by atoms with E-state index in [9.17, 15) is 0 Å². The molecule has 6 heteroatoms. The van der Waals surface area contributed by atoms with Crippen LogP contribution in [0.1, 0.15) is 83.1 Å². The fourth-order valence-electron chi connectivity index (χ4n) is 4.41. The van der Waals surface area contributed by atoms with Gasteiger partial charge in [-0.15, -0.1) is 0 Å². The maximum atomic E-state index is 2.27. The maximum Gasteiger partial charge on any atom is 0.0757 e. The molecule has 0 aliphatic rings. The average Bonchev–Trinajstić information content (AvgIpc) is 2.91. The highest BCUT2D eigenvalue weighted by molar-refractivity contribution is 4.99. The van der Waals surface area contributed by atoms with Crippen LogP contribution in [-0.2, 0) is 0 Å². The molecule has 0 amide bonds. The Kier molecular flexibility index (Phi) is 42.4. The zero-order chi connectivity index (χ0) is 26.2. The summed E-state index contributed by atoms with van der Waals surface area (Å²) < 4.78 is 3.83. The van der Waals surface area contributed by atoms with Crippen LogP contribution >= 0.6 is 0 Å². The summed E-state index contributed by atoms with van der Waals surface area (Å²) in [7, 11) is 0. The van der Waals surface area contributed by atoms with Crippen LogP contribution in [0.5, 0.6) is 0 Å². The molecule has 3 nitrogen and oxygen atoms in total. The molecule has 0 atom stereocenters. The van der Waals surface area contributed by atoms with Gasteiger partial charge >= 0.3 is 0 Å². The zero-order valence-electron chi connectivity index (χ0n) is 26.4. The number of halogens is 3. The van der Waals surface area contributed by atoms with Crippen LogP contribution in [-0.4, -0.2) is 92.0 Å². The molecule has 1 aromatic rings. The smallest absolute Gasteiger partial charge is 0.0757 e. The topological polar surface area (TPSA) is 0 Å². The summed E-state index contributed by atoms with van der Waals surface area (Å²) in [5.74, 6) is 0. The van der Waals surface area contributed by atoms with Crippen molar-refractivity contribution in [1.29, 1.82) is 0 Å². The Bertz CT molecular complexity index is 363. The van der Waals surface area contributed by atoms with Gasteiger partial charge in [0.05, 0.1) is 78.5 Å². The zero-order valence-corrected chi connectivity index (χ0v) is 28.7. The van der Waals surface area contributed by atoms with E-state index in [4.69, 9.17) is 0 Å². The first-order valence-electron chi connectivity index (χ1n) is 14.3. The molecule has 1 aromatic carbocycles. The van der Waals surface area contributed by atoms with Crippen LogP contribution < -0.4 is 37.2 Å². The first-order chi connectivity index (χ1) is 15.7. The molecule has 36 heavy (non-hydrogen) atoms. The Balaban J connectivity index is -0.0000000817. The molecular weight excluding hydrogens is 509 g/mol. The summed E-state index contributed by atoms with van der Waals surface area (Å²) in [5.41, 5.74) is 0. The third-order valence-electron chi connectivity index (χ3n) is 8.72. The Labute approximate surface area is 248 Å². The quantitative estimate of drug-likeness (QED) is 0.263. The third kappa shape index (κ3) is 21.0. The van der Waals surface area contributed by atoms with Gasteiger partial charge in [-0.2, -0.15) is 0 Å². The summed E-state index contributed by atoms with van der Waals surface area (Å²) in [6, 6.07) is 12.0. The second kappa shape index (κ2) is 31.2. The molecule has 0 radical (unpaired) electrons. The Morgan fingerprint density at radius 2 is 0.333 bits per heavy atom. The molecule has 0 aliphatic carbocycles. The van der Waals surface area contributed by atoms with Crippen molar-refractivity contribution in [3.8, 4) is 0 Å². The summed E-state index contributed by atoms with van der Waals surface area (Å²) in [6.07, 6.45) is 0. The predicted molar refractivity (Wildman–Crippen MR) is 154 cm³/mol. The van der Waals surface area contributed by atoms with E-state index in [1.807, 2.05) is 36.4 Å². The number of hydrogen-bond acceptors (Lipinski definition) is 0. The van der Waals surface area contributed by atoms with E-state index in [0.29, 0.717) is 0 Å². The molecule has 0 N–H and O–H groups in total. The Hall–Kier alpha value is -0.0300. The van der Waals surface area contributed by atoms with Crippen LogP contribution in [0, 0.1) is 0 Å². The van der Waals surface area contributed by atoms with Gasteiger partial charge in [0, 0.05) is 0 Å². The molecule has 222 valence electrons. The molecular formula is C30H66Cl3N3. The van der Waals surface area contributed by atoms with Gasteiger partial charge in [0.15, 0.2) is 0 Å². The molecule has 0 saturated heterocycles. The third-order valence-corrected chi connectivity index (χ3v) is 8.72. The van der Waals surface area contributed by atoms with Gasteiger partial charge in [-0.25, -0.2) is 0 Å². The number of rotatable bonds is 12. The monoisotopic (exact) mass is 573 g/mol. The van der Waals surface area contributed by atoms with E-state index in [0.717, 1.165) is 0 Å². The molecule has 0 heterocycles. The fourth-order valence-corrected chi connectivity index (χ4v) is 4.41. The lowest BCUT2D eigenvalue weighted by molar-refractivity contribution is -0.921. The lowest BCUT2D eigenvalue weighted by Gasteiger charge is -2.34. The second-order valence-electron chi connectivity index (χ2n) is 8.97. The first-order valence-corrected chi connectivity index (χ1v) is 14.3. The molecule has 0 spiro atoms. The van der Waals surface area contributed by atoms with E-state index in [1.165, 1.54) is 92.0 Å². The van der Waals surface area contributed by atoms with Gasteiger partial charge in [-0.05, 0) is 83.1 Å². The van der Waals surface area contributed by atoms with Gasteiger partial charge in [0.2, 0.25) is 0 Å². The van der Waals surface area contributed by atoms with Crippen molar-refractivity contribution in [2.45, 2.75) is 83.1 Å². The van der Waals surface area contributed by atoms with Crippen molar-refractivity contribution in [1.82, 2.24) is 0 Å². The first kappa shape index (κ1) is 49.0. The van der Waals surface area contributed by atoms with Crippen molar-refractivity contribution in [3.63, 3.8) is 0 Å². The van der Waals surface area contributed by atoms with Gasteiger partial charge in [-0.3, -0.25) is 0 Å². The summed E-state index contributed by atoms with van der Waals surface area (Å²) in [5, 5.41) is 0. The number of nitrogens with zero attached hydrogens (tertiary/aromatic N) is 3. The van der Waals surface area contributed by atoms with Crippen LogP contribution in [0.25, 0.3) is 0 Å². The minimum atomic E-state index is 0. The van der Waals surface area contributed by atoms with Crippen LogP contribution in [0.15, 0.2) is 36.4 Å². The molecule has 0 aromatic heterocycles. The summed E-state index contributed by atoms with van der Waals surface area (Å²) in [4.78, 5) is 0. The average molecular weight is 575 g/mol. The highest BCUT2D eigenvalue weighted by Gasteiger charge is 2.17. The molecule has 1 rings (SSSR count). The van der Waals surface area contributed by atoms with Gasteiger partial charge < -0.3 is 50.7 Å². The Morgan fingerprint density at radius 1 is 0.250 bits per heavy atom. The van der Waals surface area contributed by atoms with E-state index in [-0.39, 0.29) is 37.2 Å². The van der Waals surface area contributed by atoms with Gasteiger partial charge in [-0.1, -0.05) is 36.4 Å². The maximum absolute atomic E-state index is 2.27. The van der Waals surface area contributed by atoms with Crippen molar-refractivity contribution in [2.24, 2.45) is 0 Å². The van der Waals surface area contributed by atoms with Gasteiger partial charge in [0.25, 0.3) is 0 Å². The minimum Gasteiger partial charge on any atom is -1.00 e. The van der Waals surface area contributed by atoms with E-state index < -0.39 is 0 Å². The Morgan fingerprint density at radius 3 is 0.361 bits per heavy atom. The number of hydrogen-bond donors (Lipinski definition) is 0. The predicted octanol–water partition coefficient (Wildman–Crippen LogP) is -1.65. The van der Waals surface area contributed by atoms with Crippen molar-refractivity contribution in [2.75, 3.05) is 78.5 Å². The van der Waals surface area contributed by atoms with E-state index >= 15 is 0 Å². The largest absolute Gasteiger partial charge is 1.00 e. The summed E-state index contributed by atoms with van der Waals surface area (Å²) in [6.45, 7) is 42.7. The van der Waals surface area contributed by atoms with E-state index in [1.54, 1.807) is 0 Å². The van der Waals surface area contributed by atoms with Gasteiger partial charge in [0.1, 0.15) is 0 Å². The number of benzene rings is 1. The normalized spacial score (nSPS) is 10.3. The molecule has 0 unspecified atom stereocenters. The van der Waals surface area contributed by atoms with Crippen LogP contribution in [0.4, 0.5) is 0 Å². The van der Waals surface area contributed by atoms with E-state index in [2.05, 4.69) is 83.1 Å². The minimum absolute atomic E-state index is 0. The second-order valence-corrected chi connectivity index (χ2v) is 8.97. The molecule has 0 bridgehead atoms. The van der Waals surface area contributed by atoms with Crippen molar-refractivity contribution in [3.05, 3.63) is 36.4 Å². The molecule has 0 saturated carbocycles. The fraction of sp³-hybridized carbons (Fsp3) is 0.800. The van der Waals surface area contributed by atoms with Crippen molar-refractivity contribution < 1.29 is 50.7 Å². The summed E-state index contributed by atoms with van der Waals surface area (Å²) >= 11 is 0. The lowest BCUT2D eigenvalue weighted by Crippen LogP contribution is -3.00. The molecule has 0 fully saturated rings. The standard InChI is InChI=1S/3C8H20N.C6H6.3ClH/c3*1-5-9(6-2,7-3)8-4;1-2-4-6-5-3-1;;;/h3*5-8H2,1-4H3;1-6H;3*1H/q3*+1;;;;/p-3. The lowest BCUT2D eigenvalue weighted by atomic mass is 10.3.